The smallest absolute Gasteiger partial charge is 0.255 e. The van der Waals surface area contributed by atoms with E-state index in [9.17, 15) is 4.79 Å². The van der Waals surface area contributed by atoms with Crippen molar-refractivity contribution in [3.63, 3.8) is 0 Å². The fraction of sp³-hybridized carbons (Fsp3) is 0.235. The molecule has 0 spiro atoms. The Morgan fingerprint density at radius 2 is 1.73 bits per heavy atom. The molecule has 116 valence electrons. The maximum atomic E-state index is 12.2. The molecule has 0 heterocycles. The number of aliphatic hydroxyl groups excluding tert-OH is 1. The largest absolute Gasteiger partial charge is 0.493 e. The topological polar surface area (TPSA) is 67.8 Å². The van der Waals surface area contributed by atoms with Crippen LogP contribution in [0.5, 0.6) is 11.5 Å². The van der Waals surface area contributed by atoms with Crippen LogP contribution in [-0.4, -0.2) is 31.8 Å². The number of amides is 1. The van der Waals surface area contributed by atoms with Gasteiger partial charge in [-0.1, -0.05) is 12.1 Å². The number of anilines is 1. The van der Waals surface area contributed by atoms with Crippen molar-refractivity contribution < 1.29 is 19.4 Å². The van der Waals surface area contributed by atoms with Crippen molar-refractivity contribution in [2.45, 2.75) is 6.42 Å². The molecule has 0 aliphatic carbocycles. The minimum Gasteiger partial charge on any atom is -0.493 e. The number of carbonyl (C=O) groups is 1. The van der Waals surface area contributed by atoms with Crippen molar-refractivity contribution in [3.05, 3.63) is 53.6 Å². The lowest BCUT2D eigenvalue weighted by Gasteiger charge is -2.10. The Morgan fingerprint density at radius 3 is 2.32 bits per heavy atom. The van der Waals surface area contributed by atoms with Crippen molar-refractivity contribution in [2.75, 3.05) is 26.1 Å². The SMILES string of the molecule is COc1ccc(C(=O)Nc2ccc(CCO)cc2)cc1OC. The number of hydrogen-bond acceptors (Lipinski definition) is 4. The number of benzene rings is 2. The summed E-state index contributed by atoms with van der Waals surface area (Å²) in [5.74, 6) is 0.858. The van der Waals surface area contributed by atoms with Crippen LogP contribution in [0.4, 0.5) is 5.69 Å². The Balaban J connectivity index is 2.11. The van der Waals surface area contributed by atoms with Crippen molar-refractivity contribution >= 4 is 11.6 Å². The van der Waals surface area contributed by atoms with Crippen LogP contribution in [0, 0.1) is 0 Å². The normalized spacial score (nSPS) is 10.1. The molecule has 0 fully saturated rings. The zero-order valence-electron chi connectivity index (χ0n) is 12.6. The molecule has 2 N–H and O–H groups in total. The van der Waals surface area contributed by atoms with E-state index in [2.05, 4.69) is 5.32 Å². The van der Waals surface area contributed by atoms with E-state index in [0.717, 1.165) is 5.56 Å². The standard InChI is InChI=1S/C17H19NO4/c1-21-15-8-5-13(11-16(15)22-2)17(20)18-14-6-3-12(4-7-14)9-10-19/h3-8,11,19H,9-10H2,1-2H3,(H,18,20). The number of methoxy groups -OCH3 is 2. The third-order valence-corrected chi connectivity index (χ3v) is 3.26. The maximum Gasteiger partial charge on any atom is 0.255 e. The molecule has 22 heavy (non-hydrogen) atoms. The molecule has 2 rings (SSSR count). The van der Waals surface area contributed by atoms with Gasteiger partial charge in [0.05, 0.1) is 14.2 Å². The van der Waals surface area contributed by atoms with Gasteiger partial charge in [-0.15, -0.1) is 0 Å². The van der Waals surface area contributed by atoms with E-state index in [0.29, 0.717) is 29.2 Å². The Morgan fingerprint density at radius 1 is 1.05 bits per heavy atom. The van der Waals surface area contributed by atoms with E-state index in [1.807, 2.05) is 24.3 Å². The number of carbonyl (C=O) groups excluding carboxylic acids is 1. The monoisotopic (exact) mass is 301 g/mol. The van der Waals surface area contributed by atoms with E-state index < -0.39 is 0 Å². The second-order valence-corrected chi connectivity index (χ2v) is 4.69. The molecule has 0 radical (unpaired) electrons. The molecule has 0 saturated carbocycles. The number of rotatable bonds is 6. The summed E-state index contributed by atoms with van der Waals surface area (Å²) in [6, 6.07) is 12.4. The van der Waals surface area contributed by atoms with Crippen LogP contribution in [0.2, 0.25) is 0 Å². The molecule has 5 heteroatoms. The van der Waals surface area contributed by atoms with Crippen LogP contribution in [0.3, 0.4) is 0 Å². The molecule has 0 aromatic heterocycles. The first-order chi connectivity index (χ1) is 10.7. The van der Waals surface area contributed by atoms with Gasteiger partial charge in [-0.25, -0.2) is 0 Å². The van der Waals surface area contributed by atoms with Gasteiger partial charge in [-0.05, 0) is 42.3 Å². The van der Waals surface area contributed by atoms with Crippen molar-refractivity contribution in [1.29, 1.82) is 0 Å². The Hall–Kier alpha value is -2.53. The summed E-state index contributed by atoms with van der Waals surface area (Å²) >= 11 is 0. The Labute approximate surface area is 129 Å². The first kappa shape index (κ1) is 15.9. The summed E-state index contributed by atoms with van der Waals surface area (Å²) in [4.78, 5) is 12.2. The van der Waals surface area contributed by atoms with E-state index >= 15 is 0 Å². The lowest BCUT2D eigenvalue weighted by Crippen LogP contribution is -2.12. The van der Waals surface area contributed by atoms with Crippen LogP contribution in [0.15, 0.2) is 42.5 Å². The second-order valence-electron chi connectivity index (χ2n) is 4.69. The number of ether oxygens (including phenoxy) is 2. The molecular weight excluding hydrogens is 282 g/mol. The summed E-state index contributed by atoms with van der Waals surface area (Å²) in [6.45, 7) is 0.108. The quantitative estimate of drug-likeness (QED) is 0.860. The number of nitrogens with one attached hydrogen (secondary N) is 1. The van der Waals surface area contributed by atoms with E-state index in [1.54, 1.807) is 25.3 Å². The van der Waals surface area contributed by atoms with E-state index in [4.69, 9.17) is 14.6 Å². The third-order valence-electron chi connectivity index (χ3n) is 3.26. The van der Waals surface area contributed by atoms with Crippen molar-refractivity contribution in [2.24, 2.45) is 0 Å². The summed E-state index contributed by atoms with van der Waals surface area (Å²) in [5.41, 5.74) is 2.20. The lowest BCUT2D eigenvalue weighted by molar-refractivity contribution is 0.102. The first-order valence-electron chi connectivity index (χ1n) is 6.91. The van der Waals surface area contributed by atoms with Crippen LogP contribution < -0.4 is 14.8 Å². The molecule has 0 saturated heterocycles. The van der Waals surface area contributed by atoms with Gasteiger partial charge in [0.2, 0.25) is 0 Å². The van der Waals surface area contributed by atoms with Crippen LogP contribution >= 0.6 is 0 Å². The summed E-state index contributed by atoms with van der Waals surface area (Å²) in [6.07, 6.45) is 0.601. The second kappa shape index (κ2) is 7.47. The highest BCUT2D eigenvalue weighted by molar-refractivity contribution is 6.04. The fourth-order valence-corrected chi connectivity index (χ4v) is 2.06. The van der Waals surface area contributed by atoms with Gasteiger partial charge in [0.25, 0.3) is 5.91 Å². The molecule has 0 atom stereocenters. The van der Waals surface area contributed by atoms with Crippen molar-refractivity contribution in [3.8, 4) is 11.5 Å². The number of aliphatic hydroxyl groups is 1. The van der Waals surface area contributed by atoms with E-state index in [1.165, 1.54) is 7.11 Å². The molecule has 0 unspecified atom stereocenters. The van der Waals surface area contributed by atoms with Gasteiger partial charge >= 0.3 is 0 Å². The Bertz CT molecular complexity index is 638. The highest BCUT2D eigenvalue weighted by Gasteiger charge is 2.11. The van der Waals surface area contributed by atoms with Gasteiger partial charge in [0.15, 0.2) is 11.5 Å². The predicted molar refractivity (Wildman–Crippen MR) is 84.7 cm³/mol. The summed E-state index contributed by atoms with van der Waals surface area (Å²) in [5, 5.41) is 11.7. The summed E-state index contributed by atoms with van der Waals surface area (Å²) < 4.78 is 10.3. The highest BCUT2D eigenvalue weighted by atomic mass is 16.5. The van der Waals surface area contributed by atoms with Crippen LogP contribution in [-0.2, 0) is 6.42 Å². The van der Waals surface area contributed by atoms with Gasteiger partial charge < -0.3 is 19.9 Å². The van der Waals surface area contributed by atoms with Crippen molar-refractivity contribution in [1.82, 2.24) is 0 Å². The molecule has 1 amide bonds. The molecule has 2 aromatic carbocycles. The maximum absolute atomic E-state index is 12.2. The zero-order valence-corrected chi connectivity index (χ0v) is 12.6. The predicted octanol–water partition coefficient (Wildman–Crippen LogP) is 2.49. The van der Waals surface area contributed by atoms with Gasteiger partial charge in [0, 0.05) is 17.9 Å². The molecule has 5 nitrogen and oxygen atoms in total. The Kier molecular flexibility index (Phi) is 5.38. The van der Waals surface area contributed by atoms with Gasteiger partial charge in [-0.3, -0.25) is 4.79 Å². The molecule has 0 bridgehead atoms. The lowest BCUT2D eigenvalue weighted by atomic mass is 10.1. The minimum atomic E-state index is -0.226. The van der Waals surface area contributed by atoms with Gasteiger partial charge in [0.1, 0.15) is 0 Å². The average molecular weight is 301 g/mol. The van der Waals surface area contributed by atoms with Gasteiger partial charge in [-0.2, -0.15) is 0 Å². The minimum absolute atomic E-state index is 0.108. The summed E-state index contributed by atoms with van der Waals surface area (Å²) in [7, 11) is 3.07. The van der Waals surface area contributed by atoms with E-state index in [-0.39, 0.29) is 12.5 Å². The molecule has 2 aromatic rings. The number of hydrogen-bond donors (Lipinski definition) is 2. The fourth-order valence-electron chi connectivity index (χ4n) is 2.06. The average Bonchev–Trinajstić information content (AvgIpc) is 2.56. The zero-order chi connectivity index (χ0) is 15.9. The van der Waals surface area contributed by atoms with Crippen LogP contribution in [0.1, 0.15) is 15.9 Å². The third kappa shape index (κ3) is 3.77. The highest BCUT2D eigenvalue weighted by Crippen LogP contribution is 2.27. The van der Waals surface area contributed by atoms with Crippen LogP contribution in [0.25, 0.3) is 0 Å². The molecule has 0 aliphatic rings. The molecule has 0 aliphatic heterocycles. The first-order valence-corrected chi connectivity index (χ1v) is 6.91. The molecular formula is C17H19NO4.